The van der Waals surface area contributed by atoms with Gasteiger partial charge in [0.05, 0.1) is 26.1 Å². The Morgan fingerprint density at radius 1 is 0.793 bits per heavy atom. The zero-order valence-corrected chi connectivity index (χ0v) is 16.2. The quantitative estimate of drug-likeness (QED) is 0.418. The molecular weight excluding hydrogens is 417 g/mol. The standard InChI is InChI=1S/C20H13Cl2N3O4/c21-15-7-3-1-5-13(15)19(26)23-12-9-10-17(18(11-12)25(28)29)24-20(27)14-6-2-4-8-16(14)22/h1-11H,(H,23,26)(H,24,27). The number of hydrogen-bond acceptors (Lipinski definition) is 4. The molecule has 0 fully saturated rings. The summed E-state index contributed by atoms with van der Waals surface area (Å²) >= 11 is 12.0. The molecule has 29 heavy (non-hydrogen) atoms. The molecule has 3 rings (SSSR count). The second kappa shape index (κ2) is 8.72. The minimum Gasteiger partial charge on any atom is -0.322 e. The first kappa shape index (κ1) is 20.3. The summed E-state index contributed by atoms with van der Waals surface area (Å²) in [5.41, 5.74) is 0.169. The molecule has 0 spiro atoms. The summed E-state index contributed by atoms with van der Waals surface area (Å²) in [6, 6.07) is 16.7. The summed E-state index contributed by atoms with van der Waals surface area (Å²) in [6.45, 7) is 0. The molecule has 0 aliphatic heterocycles. The van der Waals surface area contributed by atoms with Gasteiger partial charge in [-0.1, -0.05) is 47.5 Å². The van der Waals surface area contributed by atoms with Gasteiger partial charge in [-0.3, -0.25) is 19.7 Å². The maximum atomic E-state index is 12.4. The molecule has 0 atom stereocenters. The number of halogens is 2. The number of hydrogen-bond donors (Lipinski definition) is 2. The van der Waals surface area contributed by atoms with Gasteiger partial charge in [-0.05, 0) is 36.4 Å². The fourth-order valence-electron chi connectivity index (χ4n) is 2.54. The predicted octanol–water partition coefficient (Wildman–Crippen LogP) is 5.41. The lowest BCUT2D eigenvalue weighted by atomic mass is 10.1. The van der Waals surface area contributed by atoms with Crippen LogP contribution in [0.3, 0.4) is 0 Å². The van der Waals surface area contributed by atoms with Crippen molar-refractivity contribution in [2.75, 3.05) is 10.6 Å². The van der Waals surface area contributed by atoms with Gasteiger partial charge in [0.25, 0.3) is 17.5 Å². The normalized spacial score (nSPS) is 10.3. The topological polar surface area (TPSA) is 101 Å². The van der Waals surface area contributed by atoms with Crippen molar-refractivity contribution in [3.8, 4) is 0 Å². The lowest BCUT2D eigenvalue weighted by Crippen LogP contribution is -2.15. The zero-order chi connectivity index (χ0) is 21.0. The molecule has 0 radical (unpaired) electrons. The number of anilines is 2. The molecule has 2 N–H and O–H groups in total. The van der Waals surface area contributed by atoms with Gasteiger partial charge < -0.3 is 10.6 Å². The molecule has 3 aromatic carbocycles. The van der Waals surface area contributed by atoms with Gasteiger partial charge in [-0.15, -0.1) is 0 Å². The molecule has 0 aromatic heterocycles. The summed E-state index contributed by atoms with van der Waals surface area (Å²) in [5, 5.41) is 17.0. The Bertz CT molecular complexity index is 1120. The summed E-state index contributed by atoms with van der Waals surface area (Å²) in [7, 11) is 0. The maximum Gasteiger partial charge on any atom is 0.294 e. The smallest absolute Gasteiger partial charge is 0.294 e. The first-order chi connectivity index (χ1) is 13.9. The number of amides is 2. The van der Waals surface area contributed by atoms with Crippen molar-refractivity contribution >= 4 is 52.1 Å². The van der Waals surface area contributed by atoms with E-state index in [0.29, 0.717) is 0 Å². The van der Waals surface area contributed by atoms with Crippen LogP contribution in [-0.4, -0.2) is 16.7 Å². The highest BCUT2D eigenvalue weighted by Gasteiger charge is 2.20. The van der Waals surface area contributed by atoms with E-state index < -0.39 is 16.7 Å². The van der Waals surface area contributed by atoms with Crippen molar-refractivity contribution in [2.24, 2.45) is 0 Å². The third-order valence-corrected chi connectivity index (χ3v) is 4.60. The first-order valence-electron chi connectivity index (χ1n) is 8.27. The molecule has 7 nitrogen and oxygen atoms in total. The highest BCUT2D eigenvalue weighted by Crippen LogP contribution is 2.29. The van der Waals surface area contributed by atoms with Crippen LogP contribution in [0, 0.1) is 10.1 Å². The van der Waals surface area contributed by atoms with Gasteiger partial charge in [0.1, 0.15) is 5.69 Å². The van der Waals surface area contributed by atoms with Crippen molar-refractivity contribution in [2.45, 2.75) is 0 Å². The van der Waals surface area contributed by atoms with Gasteiger partial charge in [-0.25, -0.2) is 0 Å². The van der Waals surface area contributed by atoms with Crippen LogP contribution in [0.25, 0.3) is 0 Å². The molecule has 2 amide bonds. The summed E-state index contributed by atoms with van der Waals surface area (Å²) in [5.74, 6) is -1.11. The van der Waals surface area contributed by atoms with E-state index in [0.717, 1.165) is 6.07 Å². The maximum absolute atomic E-state index is 12.4. The van der Waals surface area contributed by atoms with Crippen LogP contribution in [0.2, 0.25) is 10.0 Å². The van der Waals surface area contributed by atoms with Crippen LogP contribution in [-0.2, 0) is 0 Å². The SMILES string of the molecule is O=C(Nc1ccc(NC(=O)c2ccccc2Cl)c([N+](=O)[O-])c1)c1ccccc1Cl. The molecule has 9 heteroatoms. The molecule has 0 saturated carbocycles. The molecule has 0 unspecified atom stereocenters. The molecule has 0 aliphatic carbocycles. The monoisotopic (exact) mass is 429 g/mol. The molecule has 0 saturated heterocycles. The van der Waals surface area contributed by atoms with Gasteiger partial charge in [0.2, 0.25) is 0 Å². The van der Waals surface area contributed by atoms with Crippen LogP contribution in [0.4, 0.5) is 17.1 Å². The third kappa shape index (κ3) is 4.71. The zero-order valence-electron chi connectivity index (χ0n) is 14.7. The average Bonchev–Trinajstić information content (AvgIpc) is 2.69. The third-order valence-electron chi connectivity index (χ3n) is 3.94. The van der Waals surface area contributed by atoms with Crippen LogP contribution in [0.15, 0.2) is 66.7 Å². The largest absolute Gasteiger partial charge is 0.322 e. The van der Waals surface area contributed by atoms with E-state index in [-0.39, 0.29) is 38.2 Å². The first-order valence-corrected chi connectivity index (χ1v) is 9.02. The van der Waals surface area contributed by atoms with Crippen LogP contribution < -0.4 is 10.6 Å². The minimum atomic E-state index is -0.659. The fraction of sp³-hybridized carbons (Fsp3) is 0. The minimum absolute atomic E-state index is 0.0318. The molecule has 0 bridgehead atoms. The lowest BCUT2D eigenvalue weighted by Gasteiger charge is -2.10. The summed E-state index contributed by atoms with van der Waals surface area (Å²) in [6.07, 6.45) is 0. The average molecular weight is 430 g/mol. The van der Waals surface area contributed by atoms with Crippen LogP contribution in [0.1, 0.15) is 20.7 Å². The predicted molar refractivity (Wildman–Crippen MR) is 112 cm³/mol. The van der Waals surface area contributed by atoms with Crippen molar-refractivity contribution in [1.29, 1.82) is 0 Å². The van der Waals surface area contributed by atoms with E-state index in [1.807, 2.05) is 0 Å². The van der Waals surface area contributed by atoms with Gasteiger partial charge in [0, 0.05) is 11.8 Å². The lowest BCUT2D eigenvalue weighted by molar-refractivity contribution is -0.383. The van der Waals surface area contributed by atoms with Crippen molar-refractivity contribution < 1.29 is 14.5 Å². The van der Waals surface area contributed by atoms with Crippen LogP contribution >= 0.6 is 23.2 Å². The van der Waals surface area contributed by atoms with E-state index in [9.17, 15) is 19.7 Å². The highest BCUT2D eigenvalue weighted by molar-refractivity contribution is 6.35. The van der Waals surface area contributed by atoms with E-state index in [1.165, 1.54) is 30.3 Å². The Hall–Kier alpha value is -3.42. The number of nitro groups is 1. The molecule has 0 heterocycles. The van der Waals surface area contributed by atoms with E-state index in [2.05, 4.69) is 10.6 Å². The Morgan fingerprint density at radius 2 is 1.31 bits per heavy atom. The number of rotatable bonds is 5. The number of carbonyl (C=O) groups is 2. The van der Waals surface area contributed by atoms with Crippen LogP contribution in [0.5, 0.6) is 0 Å². The van der Waals surface area contributed by atoms with E-state index in [4.69, 9.17) is 23.2 Å². The number of nitro benzene ring substituents is 1. The molecular formula is C20H13Cl2N3O4. The van der Waals surface area contributed by atoms with Crippen molar-refractivity contribution in [1.82, 2.24) is 0 Å². The number of benzene rings is 3. The Labute approximate surface area is 175 Å². The number of carbonyl (C=O) groups excluding carboxylic acids is 2. The Balaban J connectivity index is 1.85. The van der Waals surface area contributed by atoms with E-state index >= 15 is 0 Å². The second-order valence-corrected chi connectivity index (χ2v) is 6.67. The number of nitrogens with zero attached hydrogens (tertiary/aromatic N) is 1. The fourth-order valence-corrected chi connectivity index (χ4v) is 2.99. The van der Waals surface area contributed by atoms with Crippen molar-refractivity contribution in [3.05, 3.63) is 98.0 Å². The molecule has 0 aliphatic rings. The molecule has 3 aromatic rings. The highest BCUT2D eigenvalue weighted by atomic mass is 35.5. The van der Waals surface area contributed by atoms with E-state index in [1.54, 1.807) is 30.3 Å². The Morgan fingerprint density at radius 3 is 1.83 bits per heavy atom. The number of nitrogens with one attached hydrogen (secondary N) is 2. The summed E-state index contributed by atoms with van der Waals surface area (Å²) in [4.78, 5) is 35.5. The molecule has 146 valence electrons. The van der Waals surface area contributed by atoms with Gasteiger partial charge in [0.15, 0.2) is 0 Å². The van der Waals surface area contributed by atoms with Crippen molar-refractivity contribution in [3.63, 3.8) is 0 Å². The second-order valence-electron chi connectivity index (χ2n) is 5.86. The van der Waals surface area contributed by atoms with Gasteiger partial charge >= 0.3 is 0 Å². The summed E-state index contributed by atoms with van der Waals surface area (Å²) < 4.78 is 0. The van der Waals surface area contributed by atoms with Gasteiger partial charge in [-0.2, -0.15) is 0 Å². The Kier molecular flexibility index (Phi) is 6.11.